The molecule has 1 aliphatic carbocycles. The summed E-state index contributed by atoms with van der Waals surface area (Å²) in [6.45, 7) is 0. The van der Waals surface area contributed by atoms with Gasteiger partial charge in [0.15, 0.2) is 0 Å². The van der Waals surface area contributed by atoms with E-state index in [0.29, 0.717) is 0 Å². The van der Waals surface area contributed by atoms with Gasteiger partial charge in [-0.3, -0.25) is 0 Å². The zero-order chi connectivity index (χ0) is 7.68. The third-order valence-corrected chi connectivity index (χ3v) is 3.33. The van der Waals surface area contributed by atoms with Crippen LogP contribution in [0.5, 0.6) is 0 Å². The number of nitrogens with two attached hydrogens (primary N) is 1. The molecule has 2 nitrogen and oxygen atoms in total. The van der Waals surface area contributed by atoms with E-state index in [1.165, 1.54) is 30.6 Å². The van der Waals surface area contributed by atoms with Crippen LogP contribution in [0.4, 0.5) is 5.69 Å². The van der Waals surface area contributed by atoms with Crippen LogP contribution in [0.2, 0.25) is 0 Å². The Morgan fingerprint density at radius 1 is 1.45 bits per heavy atom. The summed E-state index contributed by atoms with van der Waals surface area (Å²) in [5.41, 5.74) is 6.67. The van der Waals surface area contributed by atoms with Crippen molar-refractivity contribution in [1.29, 1.82) is 0 Å². The van der Waals surface area contributed by atoms with E-state index in [2.05, 4.69) is 4.37 Å². The van der Waals surface area contributed by atoms with E-state index in [0.717, 1.165) is 11.6 Å². The van der Waals surface area contributed by atoms with Crippen molar-refractivity contribution in [3.05, 3.63) is 11.1 Å². The van der Waals surface area contributed by atoms with Gasteiger partial charge in [-0.2, -0.15) is 4.37 Å². The van der Waals surface area contributed by atoms with Gasteiger partial charge < -0.3 is 5.73 Å². The van der Waals surface area contributed by atoms with Crippen molar-refractivity contribution in [3.63, 3.8) is 0 Å². The van der Waals surface area contributed by atoms with Gasteiger partial charge in [0, 0.05) is 0 Å². The minimum absolute atomic E-state index is 0.725. The fourth-order valence-corrected chi connectivity index (χ4v) is 2.58. The predicted molar refractivity (Wildman–Crippen MR) is 47.7 cm³/mol. The van der Waals surface area contributed by atoms with Gasteiger partial charge in [0.1, 0.15) is 0 Å². The Balaban J connectivity index is 2.21. The van der Waals surface area contributed by atoms with Crippen molar-refractivity contribution in [1.82, 2.24) is 4.37 Å². The van der Waals surface area contributed by atoms with Crippen LogP contribution in [0.3, 0.4) is 0 Å². The smallest absolute Gasteiger partial charge is 0.0662 e. The molecule has 0 aliphatic heterocycles. The molecule has 0 bridgehead atoms. The molecule has 0 atom stereocenters. The van der Waals surface area contributed by atoms with Crippen LogP contribution < -0.4 is 5.73 Å². The minimum atomic E-state index is 0.725. The molecular formula is C8H12N2S. The molecule has 0 radical (unpaired) electrons. The molecule has 1 aromatic heterocycles. The summed E-state index contributed by atoms with van der Waals surface area (Å²) >= 11 is 1.57. The fraction of sp³-hybridized carbons (Fsp3) is 0.625. The highest BCUT2D eigenvalue weighted by Gasteiger charge is 2.20. The summed E-state index contributed by atoms with van der Waals surface area (Å²) in [6, 6.07) is 0. The number of anilines is 1. The van der Waals surface area contributed by atoms with E-state index < -0.39 is 0 Å². The molecule has 0 unspecified atom stereocenters. The van der Waals surface area contributed by atoms with Gasteiger partial charge in [0.2, 0.25) is 0 Å². The molecule has 0 aromatic carbocycles. The van der Waals surface area contributed by atoms with E-state index in [1.54, 1.807) is 17.7 Å². The monoisotopic (exact) mass is 168 g/mol. The van der Waals surface area contributed by atoms with Crippen molar-refractivity contribution in [2.24, 2.45) is 0 Å². The Morgan fingerprint density at radius 3 is 2.73 bits per heavy atom. The standard InChI is InChI=1S/C8H12N2S/c9-7-5-10-11-8(7)6-3-1-2-4-6/h5-6H,1-4,9H2. The summed E-state index contributed by atoms with van der Waals surface area (Å²) < 4.78 is 4.08. The maximum absolute atomic E-state index is 5.77. The highest BCUT2D eigenvalue weighted by molar-refractivity contribution is 7.06. The van der Waals surface area contributed by atoms with Gasteiger partial charge in [-0.25, -0.2) is 0 Å². The van der Waals surface area contributed by atoms with Crippen LogP contribution in [-0.2, 0) is 0 Å². The molecule has 2 rings (SSSR count). The van der Waals surface area contributed by atoms with E-state index in [4.69, 9.17) is 5.73 Å². The van der Waals surface area contributed by atoms with E-state index in [1.807, 2.05) is 0 Å². The molecule has 60 valence electrons. The predicted octanol–water partition coefficient (Wildman–Crippen LogP) is 2.38. The normalized spacial score (nSPS) is 19.3. The molecule has 1 aliphatic rings. The number of hydrogen-bond acceptors (Lipinski definition) is 3. The topological polar surface area (TPSA) is 38.9 Å². The first-order valence-electron chi connectivity index (χ1n) is 4.08. The van der Waals surface area contributed by atoms with Crippen molar-refractivity contribution in [3.8, 4) is 0 Å². The molecule has 1 aromatic rings. The first-order valence-corrected chi connectivity index (χ1v) is 4.85. The van der Waals surface area contributed by atoms with E-state index in [-0.39, 0.29) is 0 Å². The summed E-state index contributed by atoms with van der Waals surface area (Å²) in [4.78, 5) is 1.32. The highest BCUT2D eigenvalue weighted by atomic mass is 32.1. The molecule has 0 saturated heterocycles. The maximum Gasteiger partial charge on any atom is 0.0662 e. The zero-order valence-corrected chi connectivity index (χ0v) is 7.23. The van der Waals surface area contributed by atoms with Crippen molar-refractivity contribution in [2.45, 2.75) is 31.6 Å². The third-order valence-electron chi connectivity index (χ3n) is 2.35. The summed E-state index contributed by atoms with van der Waals surface area (Å²) in [7, 11) is 0. The number of rotatable bonds is 1. The van der Waals surface area contributed by atoms with Crippen LogP contribution >= 0.6 is 11.5 Å². The van der Waals surface area contributed by atoms with Gasteiger partial charge in [-0.05, 0) is 30.3 Å². The lowest BCUT2D eigenvalue weighted by Gasteiger charge is -2.04. The third kappa shape index (κ3) is 1.25. The van der Waals surface area contributed by atoms with Crippen molar-refractivity contribution < 1.29 is 0 Å². The fourth-order valence-electron chi connectivity index (χ4n) is 1.75. The minimum Gasteiger partial charge on any atom is -0.397 e. The second kappa shape index (κ2) is 2.81. The quantitative estimate of drug-likeness (QED) is 0.699. The molecular weight excluding hydrogens is 156 g/mol. The van der Waals surface area contributed by atoms with Crippen LogP contribution in [0, 0.1) is 0 Å². The first-order chi connectivity index (χ1) is 5.38. The Labute approximate surface area is 70.6 Å². The average molecular weight is 168 g/mol. The van der Waals surface area contributed by atoms with E-state index in [9.17, 15) is 0 Å². The van der Waals surface area contributed by atoms with Gasteiger partial charge in [0.05, 0.1) is 16.8 Å². The number of hydrogen-bond donors (Lipinski definition) is 1. The Bertz CT molecular complexity index is 238. The first kappa shape index (κ1) is 7.10. The molecule has 0 amide bonds. The van der Waals surface area contributed by atoms with Gasteiger partial charge in [-0.15, -0.1) is 0 Å². The number of nitrogen functional groups attached to an aromatic ring is 1. The Hall–Kier alpha value is -0.570. The summed E-state index contributed by atoms with van der Waals surface area (Å²) in [6.07, 6.45) is 7.13. The van der Waals surface area contributed by atoms with Gasteiger partial charge >= 0.3 is 0 Å². The van der Waals surface area contributed by atoms with Crippen LogP contribution in [0.15, 0.2) is 6.20 Å². The molecule has 0 spiro atoms. The largest absolute Gasteiger partial charge is 0.397 e. The molecule has 1 fully saturated rings. The Kier molecular flexibility index (Phi) is 1.82. The lowest BCUT2D eigenvalue weighted by atomic mass is 10.1. The molecule has 11 heavy (non-hydrogen) atoms. The summed E-state index contributed by atoms with van der Waals surface area (Å²) in [5, 5.41) is 0. The lowest BCUT2D eigenvalue weighted by Crippen LogP contribution is -1.93. The Morgan fingerprint density at radius 2 is 2.18 bits per heavy atom. The lowest BCUT2D eigenvalue weighted by molar-refractivity contribution is 0.740. The van der Waals surface area contributed by atoms with Crippen molar-refractivity contribution in [2.75, 3.05) is 5.73 Å². The second-order valence-electron chi connectivity index (χ2n) is 3.13. The van der Waals surface area contributed by atoms with Crippen LogP contribution in [0.1, 0.15) is 36.5 Å². The maximum atomic E-state index is 5.77. The molecule has 1 heterocycles. The van der Waals surface area contributed by atoms with Crippen LogP contribution in [-0.4, -0.2) is 4.37 Å². The SMILES string of the molecule is Nc1cnsc1C1CCCC1. The number of nitrogens with zero attached hydrogens (tertiary/aromatic N) is 1. The average Bonchev–Trinajstić information content (AvgIpc) is 2.55. The number of aromatic nitrogens is 1. The van der Waals surface area contributed by atoms with Gasteiger partial charge in [0.25, 0.3) is 0 Å². The summed E-state index contributed by atoms with van der Waals surface area (Å²) in [5.74, 6) is 0.725. The van der Waals surface area contributed by atoms with E-state index >= 15 is 0 Å². The molecule has 3 heteroatoms. The second-order valence-corrected chi connectivity index (χ2v) is 3.96. The molecule has 2 N–H and O–H groups in total. The molecule has 1 saturated carbocycles. The zero-order valence-electron chi connectivity index (χ0n) is 6.42. The van der Waals surface area contributed by atoms with Crippen molar-refractivity contribution >= 4 is 17.2 Å². The highest BCUT2D eigenvalue weighted by Crippen LogP contribution is 2.38. The van der Waals surface area contributed by atoms with Gasteiger partial charge in [-0.1, -0.05) is 12.8 Å². The van der Waals surface area contributed by atoms with Crippen LogP contribution in [0.25, 0.3) is 0 Å².